The first kappa shape index (κ1) is 19.6. The molecule has 0 saturated heterocycles. The molecule has 5 heteroatoms. The van der Waals surface area contributed by atoms with Gasteiger partial charge in [0.15, 0.2) is 11.5 Å². The molecule has 0 bridgehead atoms. The van der Waals surface area contributed by atoms with Crippen LogP contribution in [-0.4, -0.2) is 27.4 Å². The molecule has 0 radical (unpaired) electrons. The van der Waals surface area contributed by atoms with E-state index in [9.17, 15) is 20.1 Å². The molecule has 0 amide bonds. The number of aryl methyl sites for hydroxylation is 2. The van der Waals surface area contributed by atoms with E-state index in [1.54, 1.807) is 18.2 Å². The van der Waals surface area contributed by atoms with Crippen LogP contribution in [0, 0.1) is 0 Å². The van der Waals surface area contributed by atoms with Gasteiger partial charge >= 0.3 is 5.97 Å². The van der Waals surface area contributed by atoms with Gasteiger partial charge in [0.2, 0.25) is 0 Å². The third-order valence-corrected chi connectivity index (χ3v) is 4.31. The van der Waals surface area contributed by atoms with Crippen LogP contribution in [0.5, 0.6) is 17.2 Å². The number of ether oxygens (including phenoxy) is 1. The third-order valence-electron chi connectivity index (χ3n) is 4.31. The molecule has 2 aromatic rings. The van der Waals surface area contributed by atoms with E-state index in [2.05, 4.69) is 0 Å². The molecule has 0 aliphatic rings. The number of unbranched alkanes of at least 4 members (excludes halogenated alkanes) is 1. The molecular weight excluding hydrogens is 332 g/mol. The van der Waals surface area contributed by atoms with Gasteiger partial charge in [-0.15, -0.1) is 0 Å². The molecule has 5 nitrogen and oxygen atoms in total. The molecule has 3 N–H and O–H groups in total. The number of aromatic hydroxyl groups is 3. The molecule has 1 atom stereocenters. The molecular formula is C21H26O5. The van der Waals surface area contributed by atoms with E-state index >= 15 is 0 Å². The maximum Gasteiger partial charge on any atom is 0.302 e. The van der Waals surface area contributed by atoms with Crippen LogP contribution in [-0.2, 0) is 22.4 Å². The van der Waals surface area contributed by atoms with E-state index < -0.39 is 0 Å². The topological polar surface area (TPSA) is 87.0 Å². The van der Waals surface area contributed by atoms with E-state index in [0.717, 1.165) is 31.2 Å². The van der Waals surface area contributed by atoms with Crippen LogP contribution in [0.1, 0.15) is 43.7 Å². The van der Waals surface area contributed by atoms with Crippen LogP contribution < -0.4 is 0 Å². The van der Waals surface area contributed by atoms with Gasteiger partial charge in [0.05, 0.1) is 0 Å². The van der Waals surface area contributed by atoms with Crippen LogP contribution in [0.3, 0.4) is 0 Å². The normalized spacial score (nSPS) is 11.9. The van der Waals surface area contributed by atoms with Gasteiger partial charge in [0.1, 0.15) is 11.9 Å². The summed E-state index contributed by atoms with van der Waals surface area (Å²) in [5.41, 5.74) is 2.06. The van der Waals surface area contributed by atoms with Crippen molar-refractivity contribution in [1.82, 2.24) is 0 Å². The SMILES string of the molecule is CC(=O)O[C@H](CCCCc1ccc(O)cc1)CCc1ccc(O)c(O)c1. The minimum atomic E-state index is -0.290. The lowest BCUT2D eigenvalue weighted by atomic mass is 10.0. The van der Waals surface area contributed by atoms with Crippen molar-refractivity contribution < 1.29 is 24.9 Å². The first-order chi connectivity index (χ1) is 12.4. The monoisotopic (exact) mass is 358 g/mol. The number of carbonyl (C=O) groups is 1. The fourth-order valence-electron chi connectivity index (χ4n) is 2.91. The number of phenols is 3. The summed E-state index contributed by atoms with van der Waals surface area (Å²) in [4.78, 5) is 11.3. The molecule has 0 aliphatic heterocycles. The number of hydrogen-bond donors (Lipinski definition) is 3. The summed E-state index contributed by atoms with van der Waals surface area (Å²) in [5.74, 6) is -0.300. The molecule has 0 aromatic heterocycles. The van der Waals surface area contributed by atoms with Gasteiger partial charge < -0.3 is 20.1 Å². The van der Waals surface area contributed by atoms with Crippen molar-refractivity contribution in [3.63, 3.8) is 0 Å². The van der Waals surface area contributed by atoms with Gasteiger partial charge in [0.25, 0.3) is 0 Å². The Morgan fingerprint density at radius 2 is 1.58 bits per heavy atom. The highest BCUT2D eigenvalue weighted by molar-refractivity contribution is 5.66. The number of hydrogen-bond acceptors (Lipinski definition) is 5. The Kier molecular flexibility index (Phi) is 7.33. The van der Waals surface area contributed by atoms with Crippen LogP contribution in [0.2, 0.25) is 0 Å². The molecule has 0 spiro atoms. The van der Waals surface area contributed by atoms with Gasteiger partial charge in [-0.25, -0.2) is 0 Å². The van der Waals surface area contributed by atoms with Crippen molar-refractivity contribution in [2.45, 2.75) is 51.6 Å². The summed E-state index contributed by atoms with van der Waals surface area (Å²) in [6.45, 7) is 1.41. The smallest absolute Gasteiger partial charge is 0.302 e. The van der Waals surface area contributed by atoms with Crippen LogP contribution in [0.15, 0.2) is 42.5 Å². The number of phenolic OH excluding ortho intramolecular Hbond substituents is 3. The fraction of sp³-hybridized carbons (Fsp3) is 0.381. The van der Waals surface area contributed by atoms with Gasteiger partial charge in [-0.1, -0.05) is 18.2 Å². The molecule has 140 valence electrons. The molecule has 0 aliphatic carbocycles. The van der Waals surface area contributed by atoms with Crippen molar-refractivity contribution >= 4 is 5.97 Å². The zero-order valence-electron chi connectivity index (χ0n) is 15.0. The highest BCUT2D eigenvalue weighted by atomic mass is 16.5. The second kappa shape index (κ2) is 9.70. The molecule has 0 fully saturated rings. The Balaban J connectivity index is 1.79. The fourth-order valence-corrected chi connectivity index (χ4v) is 2.91. The summed E-state index contributed by atoms with van der Waals surface area (Å²) < 4.78 is 5.41. The van der Waals surface area contributed by atoms with Gasteiger partial charge in [-0.05, 0) is 73.9 Å². The van der Waals surface area contributed by atoms with Gasteiger partial charge in [-0.2, -0.15) is 0 Å². The van der Waals surface area contributed by atoms with E-state index in [1.807, 2.05) is 12.1 Å². The predicted octanol–water partition coefficient (Wildman–Crippen LogP) is 4.08. The van der Waals surface area contributed by atoms with E-state index in [0.29, 0.717) is 12.8 Å². The molecule has 2 aromatic carbocycles. The quantitative estimate of drug-likeness (QED) is 0.357. The predicted molar refractivity (Wildman–Crippen MR) is 99.3 cm³/mol. The molecule has 0 unspecified atom stereocenters. The lowest BCUT2D eigenvalue weighted by Gasteiger charge is -2.17. The average Bonchev–Trinajstić information content (AvgIpc) is 2.60. The lowest BCUT2D eigenvalue weighted by Crippen LogP contribution is -2.17. The second-order valence-corrected chi connectivity index (χ2v) is 6.51. The summed E-state index contributed by atoms with van der Waals surface area (Å²) in [7, 11) is 0. The standard InChI is InChI=1S/C21H26O5/c1-15(22)26-19(12-8-17-9-13-20(24)21(25)14-17)5-3-2-4-16-6-10-18(23)11-7-16/h6-7,9-11,13-14,19,23-25H,2-5,8,12H2,1H3/t19-/m1/s1. The van der Waals surface area contributed by atoms with Crippen molar-refractivity contribution in [3.8, 4) is 17.2 Å². The van der Waals surface area contributed by atoms with E-state index in [-0.39, 0.29) is 29.3 Å². The zero-order chi connectivity index (χ0) is 18.9. The summed E-state index contributed by atoms with van der Waals surface area (Å²) in [6.07, 6.45) is 4.76. The highest BCUT2D eigenvalue weighted by Crippen LogP contribution is 2.26. The van der Waals surface area contributed by atoms with Crippen molar-refractivity contribution in [3.05, 3.63) is 53.6 Å². The molecule has 2 rings (SSSR count). The second-order valence-electron chi connectivity index (χ2n) is 6.51. The minimum Gasteiger partial charge on any atom is -0.508 e. The summed E-state index contributed by atoms with van der Waals surface area (Å²) >= 11 is 0. The van der Waals surface area contributed by atoms with Crippen molar-refractivity contribution in [2.75, 3.05) is 0 Å². The summed E-state index contributed by atoms with van der Waals surface area (Å²) in [5, 5.41) is 28.2. The van der Waals surface area contributed by atoms with Crippen molar-refractivity contribution in [2.24, 2.45) is 0 Å². The Labute approximate surface area is 153 Å². The van der Waals surface area contributed by atoms with E-state index in [1.165, 1.54) is 24.6 Å². The zero-order valence-corrected chi connectivity index (χ0v) is 15.0. The first-order valence-corrected chi connectivity index (χ1v) is 8.90. The summed E-state index contributed by atoms with van der Waals surface area (Å²) in [6, 6.07) is 11.9. The Morgan fingerprint density at radius 3 is 2.23 bits per heavy atom. The maximum absolute atomic E-state index is 11.3. The highest BCUT2D eigenvalue weighted by Gasteiger charge is 2.13. The molecule has 26 heavy (non-hydrogen) atoms. The van der Waals surface area contributed by atoms with E-state index in [4.69, 9.17) is 4.74 Å². The lowest BCUT2D eigenvalue weighted by molar-refractivity contribution is -0.147. The van der Waals surface area contributed by atoms with Crippen LogP contribution in [0.4, 0.5) is 0 Å². The average molecular weight is 358 g/mol. The van der Waals surface area contributed by atoms with Gasteiger partial charge in [0, 0.05) is 6.92 Å². The number of rotatable bonds is 9. The van der Waals surface area contributed by atoms with Crippen molar-refractivity contribution in [1.29, 1.82) is 0 Å². The Morgan fingerprint density at radius 1 is 0.885 bits per heavy atom. The Hall–Kier alpha value is -2.69. The van der Waals surface area contributed by atoms with Crippen LogP contribution in [0.25, 0.3) is 0 Å². The third kappa shape index (κ3) is 6.67. The molecule has 0 heterocycles. The first-order valence-electron chi connectivity index (χ1n) is 8.90. The number of carbonyl (C=O) groups excluding carboxylic acids is 1. The van der Waals surface area contributed by atoms with Gasteiger partial charge in [-0.3, -0.25) is 4.79 Å². The Bertz CT molecular complexity index is 709. The minimum absolute atomic E-state index is 0.138. The van der Waals surface area contributed by atoms with Crippen LogP contribution >= 0.6 is 0 Å². The number of benzene rings is 2. The largest absolute Gasteiger partial charge is 0.508 e. The maximum atomic E-state index is 11.3. The number of esters is 1. The molecule has 0 saturated carbocycles.